The van der Waals surface area contributed by atoms with Crippen molar-refractivity contribution in [2.75, 3.05) is 18.6 Å². The van der Waals surface area contributed by atoms with E-state index in [1.54, 1.807) is 0 Å². The summed E-state index contributed by atoms with van der Waals surface area (Å²) in [5.41, 5.74) is 0.606. The number of halogens is 1. The molecule has 7 saturated carbocycles. The lowest BCUT2D eigenvalue weighted by Crippen LogP contribution is -2.54. The Labute approximate surface area is 216 Å². The first-order valence-corrected chi connectivity index (χ1v) is 13.8. The molecular formula is C29H34FN3O4. The molecule has 7 nitrogen and oxygen atoms in total. The first kappa shape index (κ1) is 23.4. The average molecular weight is 508 g/mol. The number of alkyl halides is 1. The minimum atomic E-state index is -0.875. The monoisotopic (exact) mass is 507 g/mol. The van der Waals surface area contributed by atoms with Crippen LogP contribution >= 0.6 is 0 Å². The van der Waals surface area contributed by atoms with Gasteiger partial charge in [-0.2, -0.15) is 4.98 Å². The van der Waals surface area contributed by atoms with Crippen molar-refractivity contribution in [1.82, 2.24) is 10.1 Å². The molecule has 0 saturated heterocycles. The maximum absolute atomic E-state index is 14.5. The maximum Gasteiger partial charge on any atom is 0.311 e. The van der Waals surface area contributed by atoms with Crippen molar-refractivity contribution in [1.29, 1.82) is 0 Å². The van der Waals surface area contributed by atoms with Crippen LogP contribution < -0.4 is 4.90 Å². The Balaban J connectivity index is 1.19. The van der Waals surface area contributed by atoms with E-state index in [9.17, 15) is 14.0 Å². The van der Waals surface area contributed by atoms with Gasteiger partial charge in [0.15, 0.2) is 5.82 Å². The van der Waals surface area contributed by atoms with Crippen LogP contribution in [0.3, 0.4) is 0 Å². The summed E-state index contributed by atoms with van der Waals surface area (Å²) in [4.78, 5) is 33.3. The standard InChI is InChI=1S/C29H34FN3O4/c1-36-26(35)28-10-7-27(8-11-28,9-12-28)17-33(25(34)29-14-20(15-29)22(30)16-29)21-4-2-3-19(13-21)24-31-23(32-37-24)18-5-6-18/h2-4,13,18,20,22H,5-12,14-17H2,1H3. The summed E-state index contributed by atoms with van der Waals surface area (Å²) in [5, 5.41) is 4.16. The molecule has 37 heavy (non-hydrogen) atoms. The van der Waals surface area contributed by atoms with Crippen molar-refractivity contribution in [3.05, 3.63) is 30.1 Å². The van der Waals surface area contributed by atoms with Gasteiger partial charge in [-0.05, 0) is 100 Å². The molecule has 9 rings (SSSR count). The van der Waals surface area contributed by atoms with Gasteiger partial charge in [-0.15, -0.1) is 0 Å². The molecule has 1 atom stereocenters. The zero-order chi connectivity index (χ0) is 25.4. The third-order valence-electron chi connectivity index (χ3n) is 10.4. The highest BCUT2D eigenvalue weighted by atomic mass is 19.1. The van der Waals surface area contributed by atoms with Crippen LogP contribution in [0.2, 0.25) is 0 Å². The highest BCUT2D eigenvalue weighted by molar-refractivity contribution is 5.99. The molecule has 1 aromatic heterocycles. The number of amides is 1. The van der Waals surface area contributed by atoms with Gasteiger partial charge in [0.25, 0.3) is 5.89 Å². The SMILES string of the molecule is COC(=O)C12CCC(CN(C(=O)C34CC(F)C(C3)C4)c3cccc(-c4nc(C5CC5)no4)c3)(CC1)CC2. The number of hydrogen-bond donors (Lipinski definition) is 0. The van der Waals surface area contributed by atoms with Crippen molar-refractivity contribution in [3.63, 3.8) is 0 Å². The summed E-state index contributed by atoms with van der Waals surface area (Å²) >= 11 is 0. The van der Waals surface area contributed by atoms with E-state index in [1.165, 1.54) is 7.11 Å². The zero-order valence-electron chi connectivity index (χ0n) is 21.4. The number of rotatable bonds is 7. The second kappa shape index (κ2) is 8.11. The Bertz CT molecular complexity index is 1220. The van der Waals surface area contributed by atoms with E-state index >= 15 is 0 Å². The van der Waals surface area contributed by atoms with Crippen LogP contribution in [0, 0.1) is 22.2 Å². The number of anilines is 1. The molecule has 7 aliphatic carbocycles. The van der Waals surface area contributed by atoms with Crippen LogP contribution in [-0.2, 0) is 14.3 Å². The van der Waals surface area contributed by atoms with Crippen molar-refractivity contribution in [3.8, 4) is 11.5 Å². The normalized spacial score (nSPS) is 35.7. The number of esters is 1. The van der Waals surface area contributed by atoms with E-state index in [1.807, 2.05) is 29.2 Å². The van der Waals surface area contributed by atoms with E-state index in [-0.39, 0.29) is 28.6 Å². The molecule has 1 heterocycles. The molecule has 0 spiro atoms. The first-order valence-electron chi connectivity index (χ1n) is 13.8. The van der Waals surface area contributed by atoms with E-state index < -0.39 is 11.6 Å². The summed E-state index contributed by atoms with van der Waals surface area (Å²) in [6.07, 6.45) is 8.02. The van der Waals surface area contributed by atoms with Gasteiger partial charge in [0.1, 0.15) is 6.17 Å². The molecule has 4 bridgehead atoms. The molecule has 7 aliphatic rings. The molecule has 0 aliphatic heterocycles. The molecule has 196 valence electrons. The molecule has 1 unspecified atom stereocenters. The van der Waals surface area contributed by atoms with Crippen LogP contribution in [0.25, 0.3) is 11.5 Å². The number of carbonyl (C=O) groups excluding carboxylic acids is 2. The number of fused-ring (bicyclic) bond motifs is 4. The van der Waals surface area contributed by atoms with Gasteiger partial charge in [-0.25, -0.2) is 4.39 Å². The van der Waals surface area contributed by atoms with E-state index in [4.69, 9.17) is 9.26 Å². The van der Waals surface area contributed by atoms with Crippen molar-refractivity contribution < 1.29 is 23.2 Å². The molecule has 7 fully saturated rings. The molecular weight excluding hydrogens is 473 g/mol. The highest BCUT2D eigenvalue weighted by Gasteiger charge is 2.62. The Hall–Kier alpha value is -2.77. The lowest BCUT2D eigenvalue weighted by Gasteiger charge is -2.54. The van der Waals surface area contributed by atoms with Crippen molar-refractivity contribution in [2.24, 2.45) is 22.2 Å². The number of carbonyl (C=O) groups is 2. The molecule has 1 aromatic carbocycles. The number of methoxy groups -OCH3 is 1. The molecule has 2 aromatic rings. The number of hydrogen-bond acceptors (Lipinski definition) is 6. The topological polar surface area (TPSA) is 85.5 Å². The van der Waals surface area contributed by atoms with Gasteiger partial charge in [-0.1, -0.05) is 11.2 Å². The fourth-order valence-corrected chi connectivity index (χ4v) is 7.76. The van der Waals surface area contributed by atoms with E-state index in [0.29, 0.717) is 37.6 Å². The fraction of sp³-hybridized carbons (Fsp3) is 0.655. The lowest BCUT2D eigenvalue weighted by atomic mass is 9.53. The quantitative estimate of drug-likeness (QED) is 0.454. The summed E-state index contributed by atoms with van der Waals surface area (Å²) in [5.74, 6) is 1.61. The largest absolute Gasteiger partial charge is 0.469 e. The maximum atomic E-state index is 14.5. The van der Waals surface area contributed by atoms with Crippen molar-refractivity contribution >= 4 is 17.6 Å². The smallest absolute Gasteiger partial charge is 0.311 e. The van der Waals surface area contributed by atoms with Crippen LogP contribution in [0.4, 0.5) is 10.1 Å². The molecule has 8 heteroatoms. The summed E-state index contributed by atoms with van der Waals surface area (Å²) in [6, 6.07) is 7.81. The second-order valence-corrected chi connectivity index (χ2v) is 12.6. The Kier molecular flexibility index (Phi) is 5.12. The summed E-state index contributed by atoms with van der Waals surface area (Å²) in [7, 11) is 1.48. The zero-order valence-corrected chi connectivity index (χ0v) is 21.4. The number of benzene rings is 1. The minimum absolute atomic E-state index is 0.0274. The molecule has 0 N–H and O–H groups in total. The lowest BCUT2D eigenvalue weighted by molar-refractivity contribution is -0.162. The van der Waals surface area contributed by atoms with Gasteiger partial charge < -0.3 is 14.2 Å². The number of nitrogens with zero attached hydrogens (tertiary/aromatic N) is 3. The van der Waals surface area contributed by atoms with Crippen LogP contribution in [-0.4, -0.2) is 41.8 Å². The first-order chi connectivity index (χ1) is 17.8. The Morgan fingerprint density at radius 3 is 2.43 bits per heavy atom. The van der Waals surface area contributed by atoms with Gasteiger partial charge in [0, 0.05) is 23.7 Å². The van der Waals surface area contributed by atoms with Gasteiger partial charge in [0.2, 0.25) is 5.91 Å². The van der Waals surface area contributed by atoms with Crippen LogP contribution in [0.15, 0.2) is 28.8 Å². The second-order valence-electron chi connectivity index (χ2n) is 12.6. The number of aromatic nitrogens is 2. The molecule has 0 radical (unpaired) electrons. The van der Waals surface area contributed by atoms with Gasteiger partial charge in [-0.3, -0.25) is 9.59 Å². The van der Waals surface area contributed by atoms with Crippen molar-refractivity contribution in [2.45, 2.75) is 82.7 Å². The number of ether oxygens (including phenoxy) is 1. The molecule has 1 amide bonds. The van der Waals surface area contributed by atoms with E-state index in [0.717, 1.165) is 68.4 Å². The Morgan fingerprint density at radius 1 is 1.08 bits per heavy atom. The van der Waals surface area contributed by atoms with E-state index in [2.05, 4.69) is 10.1 Å². The Morgan fingerprint density at radius 2 is 1.81 bits per heavy atom. The van der Waals surface area contributed by atoms with Crippen LogP contribution in [0.1, 0.15) is 82.4 Å². The van der Waals surface area contributed by atoms with Gasteiger partial charge in [0.05, 0.1) is 17.9 Å². The third kappa shape index (κ3) is 3.65. The summed E-state index contributed by atoms with van der Waals surface area (Å²) in [6.45, 7) is 0.590. The van der Waals surface area contributed by atoms with Gasteiger partial charge >= 0.3 is 5.97 Å². The third-order valence-corrected chi connectivity index (χ3v) is 10.4. The summed E-state index contributed by atoms with van der Waals surface area (Å²) < 4.78 is 25.2. The fourth-order valence-electron chi connectivity index (χ4n) is 7.76. The van der Waals surface area contributed by atoms with Crippen LogP contribution in [0.5, 0.6) is 0 Å². The highest BCUT2D eigenvalue weighted by Crippen LogP contribution is 2.62. The predicted molar refractivity (Wildman–Crippen MR) is 133 cm³/mol. The minimum Gasteiger partial charge on any atom is -0.469 e. The average Bonchev–Trinajstić information content (AvgIpc) is 3.41. The predicted octanol–water partition coefficient (Wildman–Crippen LogP) is 5.60.